The van der Waals surface area contributed by atoms with Gasteiger partial charge in [-0.3, -0.25) is 14.3 Å². The quantitative estimate of drug-likeness (QED) is 0.648. The topological polar surface area (TPSA) is 66.9 Å². The number of anilines is 1. The van der Waals surface area contributed by atoms with Gasteiger partial charge in [0, 0.05) is 19.7 Å². The lowest BCUT2D eigenvalue weighted by molar-refractivity contribution is 0.581. The molecule has 0 spiro atoms. The largest absolute Gasteiger partial charge is 0.371 e. The van der Waals surface area contributed by atoms with E-state index in [2.05, 4.69) is 17.2 Å². The first kappa shape index (κ1) is 16.5. The number of aromatic nitrogens is 2. The number of hydrogen-bond donors (Lipinski definition) is 2. The molecule has 5 heteroatoms. The minimum absolute atomic E-state index is 0.285. The van der Waals surface area contributed by atoms with Gasteiger partial charge in [0.05, 0.1) is 0 Å². The summed E-state index contributed by atoms with van der Waals surface area (Å²) in [6.45, 7) is 3.02. The molecule has 0 amide bonds. The molecule has 0 radical (unpaired) electrons. The van der Waals surface area contributed by atoms with E-state index in [1.54, 1.807) is 0 Å². The molecule has 0 unspecified atom stereocenters. The van der Waals surface area contributed by atoms with Crippen LogP contribution in [0.5, 0.6) is 0 Å². The smallest absolute Gasteiger partial charge is 0.329 e. The zero-order chi connectivity index (χ0) is 14.8. The predicted octanol–water partition coefficient (Wildman–Crippen LogP) is 2.63. The van der Waals surface area contributed by atoms with Crippen molar-refractivity contribution in [2.24, 2.45) is 7.05 Å². The first-order valence-electron chi connectivity index (χ1n) is 7.69. The molecule has 20 heavy (non-hydrogen) atoms. The van der Waals surface area contributed by atoms with Crippen LogP contribution in [0.4, 0.5) is 5.82 Å². The summed E-state index contributed by atoms with van der Waals surface area (Å²) in [5.41, 5.74) is -0.664. The van der Waals surface area contributed by atoms with E-state index in [4.69, 9.17) is 0 Å². The molecule has 1 aromatic heterocycles. The maximum atomic E-state index is 11.4. The molecule has 5 nitrogen and oxygen atoms in total. The summed E-state index contributed by atoms with van der Waals surface area (Å²) in [6, 6.07) is 1.42. The predicted molar refractivity (Wildman–Crippen MR) is 83.4 cm³/mol. The molecule has 0 saturated carbocycles. The minimum atomic E-state index is -0.379. The van der Waals surface area contributed by atoms with Crippen molar-refractivity contribution in [3.63, 3.8) is 0 Å². The van der Waals surface area contributed by atoms with E-state index < -0.39 is 0 Å². The van der Waals surface area contributed by atoms with Crippen molar-refractivity contribution in [1.82, 2.24) is 9.55 Å². The standard InChI is InChI=1S/C15H27N3O2/c1-3-4-5-6-7-8-9-10-11-16-13-12-14(19)18(2)15(20)17-13/h12,16H,3-11H2,1-2H3,(H,17,20). The number of nitrogens with one attached hydrogen (secondary N) is 2. The molecule has 0 aromatic carbocycles. The van der Waals surface area contributed by atoms with Crippen molar-refractivity contribution < 1.29 is 0 Å². The lowest BCUT2D eigenvalue weighted by Gasteiger charge is -2.06. The van der Waals surface area contributed by atoms with Gasteiger partial charge in [0.1, 0.15) is 5.82 Å². The average Bonchev–Trinajstić information content (AvgIpc) is 2.43. The van der Waals surface area contributed by atoms with Crippen LogP contribution in [-0.2, 0) is 7.05 Å². The van der Waals surface area contributed by atoms with Crippen molar-refractivity contribution in [1.29, 1.82) is 0 Å². The van der Waals surface area contributed by atoms with Gasteiger partial charge in [0.2, 0.25) is 0 Å². The van der Waals surface area contributed by atoms with Gasteiger partial charge in [-0.15, -0.1) is 0 Å². The number of aromatic amines is 1. The van der Waals surface area contributed by atoms with Crippen molar-refractivity contribution in [2.45, 2.75) is 58.3 Å². The minimum Gasteiger partial charge on any atom is -0.371 e. The molecular formula is C15H27N3O2. The second kappa shape index (κ2) is 9.39. The normalized spacial score (nSPS) is 10.7. The van der Waals surface area contributed by atoms with Crippen LogP contribution in [0.2, 0.25) is 0 Å². The zero-order valence-corrected chi connectivity index (χ0v) is 12.7. The fourth-order valence-corrected chi connectivity index (χ4v) is 2.13. The summed E-state index contributed by atoms with van der Waals surface area (Å²) in [5, 5.41) is 3.10. The summed E-state index contributed by atoms with van der Waals surface area (Å²) in [7, 11) is 1.46. The van der Waals surface area contributed by atoms with E-state index >= 15 is 0 Å². The Bertz CT molecular complexity index is 459. The number of unbranched alkanes of at least 4 members (excludes halogenated alkanes) is 7. The first-order valence-corrected chi connectivity index (χ1v) is 7.69. The van der Waals surface area contributed by atoms with E-state index in [1.165, 1.54) is 58.1 Å². The molecule has 0 bridgehead atoms. The highest BCUT2D eigenvalue weighted by Crippen LogP contribution is 2.08. The third kappa shape index (κ3) is 6.08. The second-order valence-electron chi connectivity index (χ2n) is 5.29. The van der Waals surface area contributed by atoms with Gasteiger partial charge in [-0.05, 0) is 6.42 Å². The van der Waals surface area contributed by atoms with Gasteiger partial charge >= 0.3 is 5.69 Å². The number of hydrogen-bond acceptors (Lipinski definition) is 3. The van der Waals surface area contributed by atoms with Crippen LogP contribution in [-0.4, -0.2) is 16.1 Å². The number of rotatable bonds is 10. The summed E-state index contributed by atoms with van der Waals surface area (Å²) < 4.78 is 1.06. The molecule has 114 valence electrons. The van der Waals surface area contributed by atoms with Crippen LogP contribution >= 0.6 is 0 Å². The lowest BCUT2D eigenvalue weighted by atomic mass is 10.1. The highest BCUT2D eigenvalue weighted by atomic mass is 16.2. The molecule has 2 N–H and O–H groups in total. The van der Waals surface area contributed by atoms with Crippen LogP contribution in [0.15, 0.2) is 15.7 Å². The van der Waals surface area contributed by atoms with Gasteiger partial charge in [-0.1, -0.05) is 51.9 Å². The number of nitrogens with zero attached hydrogens (tertiary/aromatic N) is 1. The van der Waals surface area contributed by atoms with Crippen molar-refractivity contribution >= 4 is 5.82 Å². The Hall–Kier alpha value is -1.52. The van der Waals surface area contributed by atoms with E-state index in [-0.39, 0.29) is 11.2 Å². The van der Waals surface area contributed by atoms with Gasteiger partial charge < -0.3 is 5.32 Å². The lowest BCUT2D eigenvalue weighted by Crippen LogP contribution is -2.32. The average molecular weight is 281 g/mol. The van der Waals surface area contributed by atoms with Gasteiger partial charge in [-0.2, -0.15) is 0 Å². The van der Waals surface area contributed by atoms with Gasteiger partial charge in [0.15, 0.2) is 0 Å². The maximum Gasteiger partial charge on any atom is 0.329 e. The Kier molecular flexibility index (Phi) is 7.77. The van der Waals surface area contributed by atoms with Crippen LogP contribution in [0.3, 0.4) is 0 Å². The second-order valence-corrected chi connectivity index (χ2v) is 5.29. The first-order chi connectivity index (χ1) is 9.65. The van der Waals surface area contributed by atoms with Crippen LogP contribution < -0.4 is 16.6 Å². The van der Waals surface area contributed by atoms with E-state index in [9.17, 15) is 9.59 Å². The van der Waals surface area contributed by atoms with Crippen molar-refractivity contribution in [3.05, 3.63) is 26.9 Å². The number of H-pyrrole nitrogens is 1. The summed E-state index contributed by atoms with van der Waals surface area (Å²) in [5.74, 6) is 0.515. The SMILES string of the molecule is CCCCCCCCCCNc1cc(=O)n(C)c(=O)[nH]1. The molecule has 0 aliphatic carbocycles. The third-order valence-corrected chi connectivity index (χ3v) is 3.49. The molecule has 1 heterocycles. The molecule has 0 fully saturated rings. The van der Waals surface area contributed by atoms with E-state index in [0.717, 1.165) is 17.5 Å². The molecule has 1 rings (SSSR count). The third-order valence-electron chi connectivity index (χ3n) is 3.49. The van der Waals surface area contributed by atoms with Crippen LogP contribution in [0.25, 0.3) is 0 Å². The van der Waals surface area contributed by atoms with Gasteiger partial charge in [-0.25, -0.2) is 4.79 Å². The Morgan fingerprint density at radius 1 is 1.05 bits per heavy atom. The molecule has 0 atom stereocenters. The summed E-state index contributed by atoms with van der Waals surface area (Å²) >= 11 is 0. The molecule has 0 saturated heterocycles. The van der Waals surface area contributed by atoms with Crippen molar-refractivity contribution in [3.8, 4) is 0 Å². The molecule has 0 aliphatic heterocycles. The zero-order valence-electron chi connectivity index (χ0n) is 12.7. The fraction of sp³-hybridized carbons (Fsp3) is 0.733. The van der Waals surface area contributed by atoms with Crippen LogP contribution in [0, 0.1) is 0 Å². The monoisotopic (exact) mass is 281 g/mol. The molecule has 1 aromatic rings. The highest BCUT2D eigenvalue weighted by molar-refractivity contribution is 5.31. The van der Waals surface area contributed by atoms with Crippen molar-refractivity contribution in [2.75, 3.05) is 11.9 Å². The molecular weight excluding hydrogens is 254 g/mol. The Balaban J connectivity index is 2.13. The summed E-state index contributed by atoms with van der Waals surface area (Å²) in [6.07, 6.45) is 10.1. The fourth-order valence-electron chi connectivity index (χ4n) is 2.13. The maximum absolute atomic E-state index is 11.4. The Morgan fingerprint density at radius 3 is 2.25 bits per heavy atom. The Labute approximate surface area is 120 Å². The highest BCUT2D eigenvalue weighted by Gasteiger charge is 1.99. The van der Waals surface area contributed by atoms with E-state index in [1.807, 2.05) is 0 Å². The molecule has 0 aliphatic rings. The van der Waals surface area contributed by atoms with Gasteiger partial charge in [0.25, 0.3) is 5.56 Å². The Morgan fingerprint density at radius 2 is 1.65 bits per heavy atom. The van der Waals surface area contributed by atoms with E-state index in [0.29, 0.717) is 5.82 Å². The summed E-state index contributed by atoms with van der Waals surface area (Å²) in [4.78, 5) is 25.5. The van der Waals surface area contributed by atoms with Crippen LogP contribution in [0.1, 0.15) is 58.3 Å².